The molecule has 0 unspecified atom stereocenters. The average molecular weight is 243 g/mol. The van der Waals surface area contributed by atoms with Crippen LogP contribution >= 0.6 is 11.6 Å². The average Bonchev–Trinajstić information content (AvgIpc) is 2.24. The summed E-state index contributed by atoms with van der Waals surface area (Å²) in [6.45, 7) is 4.67. The Labute approximate surface area is 100 Å². The minimum atomic E-state index is -0.473. The quantitative estimate of drug-likeness (QED) is 0.589. The summed E-state index contributed by atoms with van der Waals surface area (Å²) in [6, 6.07) is 0. The number of carbonyl (C=O) groups excluding carboxylic acids is 1. The predicted molar refractivity (Wildman–Crippen MR) is 61.4 cm³/mol. The van der Waals surface area contributed by atoms with E-state index in [2.05, 4.69) is 23.8 Å². The zero-order valence-electron chi connectivity index (χ0n) is 9.44. The molecule has 4 nitrogen and oxygen atoms in total. The second kappa shape index (κ2) is 6.43. The Hall–Kier alpha value is -1.16. The van der Waals surface area contributed by atoms with Crippen molar-refractivity contribution in [1.82, 2.24) is 9.97 Å². The van der Waals surface area contributed by atoms with Gasteiger partial charge in [0.2, 0.25) is 0 Å². The smallest absolute Gasteiger partial charge is 0.358 e. The van der Waals surface area contributed by atoms with Gasteiger partial charge in [0.25, 0.3) is 0 Å². The normalized spacial score (nSPS) is 10.5. The van der Waals surface area contributed by atoms with Crippen molar-refractivity contribution in [3.8, 4) is 0 Å². The van der Waals surface area contributed by atoms with E-state index in [0.29, 0.717) is 12.5 Å². The van der Waals surface area contributed by atoms with Crippen molar-refractivity contribution in [2.24, 2.45) is 5.92 Å². The van der Waals surface area contributed by atoms with Crippen LogP contribution in [0.2, 0.25) is 5.15 Å². The molecule has 0 saturated carbocycles. The number of carbonyl (C=O) groups is 1. The molecule has 5 heteroatoms. The summed E-state index contributed by atoms with van der Waals surface area (Å²) in [5.74, 6) is 0.142. The van der Waals surface area contributed by atoms with Gasteiger partial charge in [0, 0.05) is 0 Å². The molecule has 0 spiro atoms. The van der Waals surface area contributed by atoms with Crippen LogP contribution in [-0.4, -0.2) is 22.5 Å². The van der Waals surface area contributed by atoms with E-state index in [9.17, 15) is 4.79 Å². The highest BCUT2D eigenvalue weighted by atomic mass is 35.5. The summed E-state index contributed by atoms with van der Waals surface area (Å²) < 4.78 is 5.03. The van der Waals surface area contributed by atoms with Crippen LogP contribution in [0.25, 0.3) is 0 Å². The van der Waals surface area contributed by atoms with E-state index < -0.39 is 5.97 Å². The first-order valence-corrected chi connectivity index (χ1v) is 5.62. The Kier molecular flexibility index (Phi) is 5.19. The summed E-state index contributed by atoms with van der Waals surface area (Å²) in [7, 11) is 0. The molecule has 0 saturated heterocycles. The van der Waals surface area contributed by atoms with Crippen LogP contribution in [0, 0.1) is 5.92 Å². The maximum atomic E-state index is 11.5. The molecule has 0 aliphatic heterocycles. The molecule has 1 aromatic rings. The van der Waals surface area contributed by atoms with Gasteiger partial charge in [0.1, 0.15) is 5.15 Å². The number of aromatic nitrogens is 2. The zero-order valence-corrected chi connectivity index (χ0v) is 10.2. The van der Waals surface area contributed by atoms with Crippen molar-refractivity contribution in [2.45, 2.75) is 26.7 Å². The van der Waals surface area contributed by atoms with Crippen molar-refractivity contribution in [3.05, 3.63) is 23.2 Å². The standard InChI is InChI=1S/C11H15ClN2O2/c1-8(2)4-3-5-16-11(15)9-6-13-7-10(12)14-9/h6-8H,3-5H2,1-2H3. The fraction of sp³-hybridized carbons (Fsp3) is 0.545. The number of nitrogens with zero attached hydrogens (tertiary/aromatic N) is 2. The number of halogens is 1. The molecule has 1 aromatic heterocycles. The number of ether oxygens (including phenoxy) is 1. The fourth-order valence-electron chi connectivity index (χ4n) is 1.17. The molecule has 0 aliphatic carbocycles. The molecule has 0 atom stereocenters. The summed E-state index contributed by atoms with van der Waals surface area (Å²) in [5, 5.41) is 0.191. The number of hydrogen-bond acceptors (Lipinski definition) is 4. The number of hydrogen-bond donors (Lipinski definition) is 0. The lowest BCUT2D eigenvalue weighted by molar-refractivity contribution is 0.0487. The Balaban J connectivity index is 2.35. The Bertz CT molecular complexity index is 356. The molecule has 0 bridgehead atoms. The minimum Gasteiger partial charge on any atom is -0.461 e. The molecule has 0 N–H and O–H groups in total. The van der Waals surface area contributed by atoms with Gasteiger partial charge in [0.05, 0.1) is 19.0 Å². The third-order valence-electron chi connectivity index (χ3n) is 1.97. The van der Waals surface area contributed by atoms with E-state index in [-0.39, 0.29) is 10.8 Å². The number of esters is 1. The predicted octanol–water partition coefficient (Wildman–Crippen LogP) is 2.72. The van der Waals surface area contributed by atoms with Gasteiger partial charge >= 0.3 is 5.97 Å². The molecule has 0 amide bonds. The molecular weight excluding hydrogens is 228 g/mol. The van der Waals surface area contributed by atoms with Crippen LogP contribution in [0.3, 0.4) is 0 Å². The van der Waals surface area contributed by atoms with Crippen LogP contribution in [-0.2, 0) is 4.74 Å². The topological polar surface area (TPSA) is 52.1 Å². The Morgan fingerprint density at radius 1 is 1.50 bits per heavy atom. The molecule has 88 valence electrons. The van der Waals surface area contributed by atoms with Crippen LogP contribution in [0.4, 0.5) is 0 Å². The Morgan fingerprint density at radius 3 is 2.88 bits per heavy atom. The van der Waals surface area contributed by atoms with E-state index in [0.717, 1.165) is 12.8 Å². The first kappa shape index (κ1) is 12.9. The van der Waals surface area contributed by atoms with Gasteiger partial charge in [-0.15, -0.1) is 0 Å². The Morgan fingerprint density at radius 2 is 2.25 bits per heavy atom. The van der Waals surface area contributed by atoms with Crippen molar-refractivity contribution >= 4 is 17.6 Å². The number of rotatable bonds is 5. The first-order valence-electron chi connectivity index (χ1n) is 5.24. The molecule has 16 heavy (non-hydrogen) atoms. The van der Waals surface area contributed by atoms with Gasteiger partial charge in [0.15, 0.2) is 5.69 Å². The molecule has 1 heterocycles. The highest BCUT2D eigenvalue weighted by Crippen LogP contribution is 2.06. The van der Waals surface area contributed by atoms with Gasteiger partial charge in [-0.1, -0.05) is 25.4 Å². The van der Waals surface area contributed by atoms with Crippen LogP contribution in [0.5, 0.6) is 0 Å². The van der Waals surface area contributed by atoms with E-state index in [1.54, 1.807) is 0 Å². The van der Waals surface area contributed by atoms with Gasteiger partial charge < -0.3 is 4.74 Å². The largest absolute Gasteiger partial charge is 0.461 e. The van der Waals surface area contributed by atoms with Gasteiger partial charge in [-0.25, -0.2) is 9.78 Å². The third kappa shape index (κ3) is 4.57. The molecule has 0 aliphatic rings. The van der Waals surface area contributed by atoms with E-state index >= 15 is 0 Å². The van der Waals surface area contributed by atoms with Crippen LogP contribution in [0.15, 0.2) is 12.4 Å². The van der Waals surface area contributed by atoms with Crippen molar-refractivity contribution in [2.75, 3.05) is 6.61 Å². The molecule has 0 fully saturated rings. The van der Waals surface area contributed by atoms with Gasteiger partial charge in [-0.05, 0) is 18.8 Å². The highest BCUT2D eigenvalue weighted by molar-refractivity contribution is 6.29. The maximum Gasteiger partial charge on any atom is 0.358 e. The summed E-state index contributed by atoms with van der Waals surface area (Å²) in [5.41, 5.74) is 0.150. The van der Waals surface area contributed by atoms with E-state index in [4.69, 9.17) is 16.3 Å². The SMILES string of the molecule is CC(C)CCCOC(=O)c1cncc(Cl)n1. The highest BCUT2D eigenvalue weighted by Gasteiger charge is 2.09. The third-order valence-corrected chi connectivity index (χ3v) is 2.16. The van der Waals surface area contributed by atoms with Crippen molar-refractivity contribution in [3.63, 3.8) is 0 Å². The minimum absolute atomic E-state index is 0.150. The summed E-state index contributed by atoms with van der Waals surface area (Å²) in [6.07, 6.45) is 4.61. The summed E-state index contributed by atoms with van der Waals surface area (Å²) in [4.78, 5) is 19.0. The zero-order chi connectivity index (χ0) is 12.0. The monoisotopic (exact) mass is 242 g/mol. The lowest BCUT2D eigenvalue weighted by Crippen LogP contribution is -2.09. The first-order chi connectivity index (χ1) is 7.59. The molecular formula is C11H15ClN2O2. The second-order valence-electron chi connectivity index (χ2n) is 3.90. The molecule has 0 aromatic carbocycles. The summed E-state index contributed by atoms with van der Waals surface area (Å²) >= 11 is 5.61. The van der Waals surface area contributed by atoms with E-state index in [1.807, 2.05) is 0 Å². The maximum absolute atomic E-state index is 11.5. The van der Waals surface area contributed by atoms with Crippen LogP contribution in [0.1, 0.15) is 37.2 Å². The van der Waals surface area contributed by atoms with Crippen molar-refractivity contribution in [1.29, 1.82) is 0 Å². The van der Waals surface area contributed by atoms with Gasteiger partial charge in [-0.2, -0.15) is 0 Å². The molecule has 0 radical (unpaired) electrons. The fourth-order valence-corrected chi connectivity index (χ4v) is 1.32. The second-order valence-corrected chi connectivity index (χ2v) is 4.29. The lowest BCUT2D eigenvalue weighted by atomic mass is 10.1. The van der Waals surface area contributed by atoms with E-state index in [1.165, 1.54) is 12.4 Å². The van der Waals surface area contributed by atoms with Gasteiger partial charge in [-0.3, -0.25) is 4.98 Å². The lowest BCUT2D eigenvalue weighted by Gasteiger charge is -2.05. The van der Waals surface area contributed by atoms with Crippen molar-refractivity contribution < 1.29 is 9.53 Å². The van der Waals surface area contributed by atoms with Crippen LogP contribution < -0.4 is 0 Å². The molecule has 1 rings (SSSR count).